The van der Waals surface area contributed by atoms with E-state index in [1.54, 1.807) is 24.8 Å². The fourth-order valence-corrected chi connectivity index (χ4v) is 1.67. The van der Waals surface area contributed by atoms with Crippen molar-refractivity contribution >= 4 is 5.91 Å². The van der Waals surface area contributed by atoms with Gasteiger partial charge in [-0.1, -0.05) is 6.07 Å². The number of nitrogens with zero attached hydrogens (tertiary/aromatic N) is 2. The molecule has 0 saturated carbocycles. The molecule has 2 aromatic heterocycles. The van der Waals surface area contributed by atoms with Crippen molar-refractivity contribution in [3.8, 4) is 11.1 Å². The minimum atomic E-state index is -0.263. The highest BCUT2D eigenvalue weighted by molar-refractivity contribution is 5.95. The van der Waals surface area contributed by atoms with Crippen molar-refractivity contribution in [1.29, 1.82) is 0 Å². The van der Waals surface area contributed by atoms with Gasteiger partial charge in [-0.05, 0) is 32.9 Å². The van der Waals surface area contributed by atoms with E-state index in [9.17, 15) is 4.79 Å². The highest BCUT2D eigenvalue weighted by atomic mass is 16.1. The third-order valence-electron chi connectivity index (χ3n) is 2.48. The summed E-state index contributed by atoms with van der Waals surface area (Å²) in [5, 5.41) is 2.92. The molecule has 0 aliphatic heterocycles. The van der Waals surface area contributed by atoms with Gasteiger partial charge in [0.25, 0.3) is 5.91 Å². The Kier molecular flexibility index (Phi) is 3.60. The van der Waals surface area contributed by atoms with Crippen LogP contribution < -0.4 is 5.32 Å². The van der Waals surface area contributed by atoms with Crippen LogP contribution in [0.1, 0.15) is 31.1 Å². The summed E-state index contributed by atoms with van der Waals surface area (Å²) < 4.78 is 0. The molecule has 2 rings (SSSR count). The zero-order valence-electron chi connectivity index (χ0n) is 11.3. The molecule has 0 aliphatic carbocycles. The number of amides is 1. The Morgan fingerprint density at radius 2 is 1.84 bits per heavy atom. The molecule has 0 fully saturated rings. The number of carbonyl (C=O) groups excluding carboxylic acids is 1. The average molecular weight is 255 g/mol. The van der Waals surface area contributed by atoms with Gasteiger partial charge in [-0.2, -0.15) is 0 Å². The minimum Gasteiger partial charge on any atom is -0.347 e. The van der Waals surface area contributed by atoms with E-state index < -0.39 is 0 Å². The van der Waals surface area contributed by atoms with Crippen molar-refractivity contribution < 1.29 is 4.79 Å². The summed E-state index contributed by atoms with van der Waals surface area (Å²) in [7, 11) is 0. The lowest BCUT2D eigenvalue weighted by atomic mass is 10.1. The summed E-state index contributed by atoms with van der Waals surface area (Å²) in [6, 6.07) is 5.62. The van der Waals surface area contributed by atoms with E-state index in [1.165, 1.54) is 0 Å². The molecule has 0 bridgehead atoms. The Morgan fingerprint density at radius 3 is 2.47 bits per heavy atom. The molecule has 0 atom stereocenters. The third kappa shape index (κ3) is 3.61. The number of aromatic nitrogens is 2. The molecule has 2 heterocycles. The standard InChI is InChI=1S/C15H17N3O/c1-15(2,3)18-14(19)13-7-12(9-17-10-13)11-5-4-6-16-8-11/h4-10H,1-3H3,(H,18,19). The normalized spacial score (nSPS) is 11.1. The molecule has 19 heavy (non-hydrogen) atoms. The van der Waals surface area contributed by atoms with Crippen LogP contribution in [0, 0.1) is 0 Å². The van der Waals surface area contributed by atoms with E-state index in [2.05, 4.69) is 15.3 Å². The Bertz CT molecular complexity index is 573. The first-order valence-corrected chi connectivity index (χ1v) is 6.14. The lowest BCUT2D eigenvalue weighted by Gasteiger charge is -2.20. The number of rotatable bonds is 2. The summed E-state index contributed by atoms with van der Waals surface area (Å²) in [6.45, 7) is 5.84. The van der Waals surface area contributed by atoms with Crippen molar-refractivity contribution in [1.82, 2.24) is 15.3 Å². The molecule has 1 N–H and O–H groups in total. The average Bonchev–Trinajstić information content (AvgIpc) is 2.38. The maximum absolute atomic E-state index is 12.1. The van der Waals surface area contributed by atoms with Crippen molar-refractivity contribution in [3.63, 3.8) is 0 Å². The molecule has 0 saturated heterocycles. The van der Waals surface area contributed by atoms with Crippen molar-refractivity contribution in [3.05, 3.63) is 48.5 Å². The highest BCUT2D eigenvalue weighted by Crippen LogP contribution is 2.18. The van der Waals surface area contributed by atoms with Gasteiger partial charge in [-0.15, -0.1) is 0 Å². The van der Waals surface area contributed by atoms with Gasteiger partial charge >= 0.3 is 0 Å². The quantitative estimate of drug-likeness (QED) is 0.897. The van der Waals surface area contributed by atoms with Gasteiger partial charge in [0.1, 0.15) is 0 Å². The SMILES string of the molecule is CC(C)(C)NC(=O)c1cncc(-c2cccnc2)c1. The Morgan fingerprint density at radius 1 is 1.11 bits per heavy atom. The van der Waals surface area contributed by atoms with Crippen molar-refractivity contribution in [2.75, 3.05) is 0 Å². The van der Waals surface area contributed by atoms with Gasteiger partial charge in [0, 0.05) is 41.5 Å². The van der Waals surface area contributed by atoms with Gasteiger partial charge in [0.2, 0.25) is 0 Å². The van der Waals surface area contributed by atoms with E-state index in [4.69, 9.17) is 0 Å². The van der Waals surface area contributed by atoms with Crippen LogP contribution in [0.2, 0.25) is 0 Å². The van der Waals surface area contributed by atoms with Gasteiger partial charge in [0.15, 0.2) is 0 Å². The predicted octanol–water partition coefficient (Wildman–Crippen LogP) is 2.67. The number of hydrogen-bond acceptors (Lipinski definition) is 3. The Hall–Kier alpha value is -2.23. The highest BCUT2D eigenvalue weighted by Gasteiger charge is 2.15. The second-order valence-electron chi connectivity index (χ2n) is 5.41. The number of pyridine rings is 2. The van der Waals surface area contributed by atoms with E-state index in [0.29, 0.717) is 5.56 Å². The zero-order chi connectivity index (χ0) is 13.9. The van der Waals surface area contributed by atoms with Gasteiger partial charge in [0.05, 0.1) is 5.56 Å². The second-order valence-corrected chi connectivity index (χ2v) is 5.41. The first-order chi connectivity index (χ1) is 8.96. The van der Waals surface area contributed by atoms with Crippen LogP contribution in [0.5, 0.6) is 0 Å². The monoisotopic (exact) mass is 255 g/mol. The van der Waals surface area contributed by atoms with Crippen molar-refractivity contribution in [2.24, 2.45) is 0 Å². The van der Waals surface area contributed by atoms with Crippen LogP contribution in [-0.4, -0.2) is 21.4 Å². The van der Waals surface area contributed by atoms with Crippen LogP contribution in [0.3, 0.4) is 0 Å². The predicted molar refractivity (Wildman–Crippen MR) is 74.7 cm³/mol. The van der Waals surface area contributed by atoms with E-state index in [-0.39, 0.29) is 11.4 Å². The largest absolute Gasteiger partial charge is 0.347 e. The molecular weight excluding hydrogens is 238 g/mol. The number of nitrogens with one attached hydrogen (secondary N) is 1. The summed E-state index contributed by atoms with van der Waals surface area (Å²) in [6.07, 6.45) is 6.77. The lowest BCUT2D eigenvalue weighted by Crippen LogP contribution is -2.40. The molecule has 4 nitrogen and oxygen atoms in total. The molecular formula is C15H17N3O. The molecule has 4 heteroatoms. The number of hydrogen-bond donors (Lipinski definition) is 1. The first-order valence-electron chi connectivity index (χ1n) is 6.14. The topological polar surface area (TPSA) is 54.9 Å². The third-order valence-corrected chi connectivity index (χ3v) is 2.48. The van der Waals surface area contributed by atoms with Gasteiger partial charge in [-0.3, -0.25) is 14.8 Å². The number of carbonyl (C=O) groups is 1. The van der Waals surface area contributed by atoms with E-state index in [1.807, 2.05) is 39.0 Å². The fourth-order valence-electron chi connectivity index (χ4n) is 1.67. The van der Waals surface area contributed by atoms with Crippen LogP contribution in [0.15, 0.2) is 43.0 Å². The summed E-state index contributed by atoms with van der Waals surface area (Å²) in [4.78, 5) is 20.3. The first kappa shape index (κ1) is 13.2. The van der Waals surface area contributed by atoms with Crippen molar-refractivity contribution in [2.45, 2.75) is 26.3 Å². The molecule has 2 aromatic rings. The molecule has 0 spiro atoms. The maximum Gasteiger partial charge on any atom is 0.253 e. The lowest BCUT2D eigenvalue weighted by molar-refractivity contribution is 0.0919. The van der Waals surface area contributed by atoms with Crippen LogP contribution in [-0.2, 0) is 0 Å². The molecule has 98 valence electrons. The summed E-state index contributed by atoms with van der Waals surface area (Å²) >= 11 is 0. The Balaban J connectivity index is 2.28. The van der Waals surface area contributed by atoms with Crippen LogP contribution >= 0.6 is 0 Å². The van der Waals surface area contributed by atoms with Crippen LogP contribution in [0.4, 0.5) is 0 Å². The molecule has 0 aliphatic rings. The minimum absolute atomic E-state index is 0.120. The van der Waals surface area contributed by atoms with E-state index >= 15 is 0 Å². The summed E-state index contributed by atoms with van der Waals surface area (Å²) in [5.74, 6) is -0.120. The smallest absolute Gasteiger partial charge is 0.253 e. The molecule has 1 amide bonds. The van der Waals surface area contributed by atoms with E-state index in [0.717, 1.165) is 11.1 Å². The van der Waals surface area contributed by atoms with Crippen LogP contribution in [0.25, 0.3) is 11.1 Å². The fraction of sp³-hybridized carbons (Fsp3) is 0.267. The second kappa shape index (κ2) is 5.18. The zero-order valence-corrected chi connectivity index (χ0v) is 11.3. The molecule has 0 aromatic carbocycles. The summed E-state index contributed by atoms with van der Waals surface area (Å²) in [5.41, 5.74) is 2.12. The Labute approximate surface area is 112 Å². The molecule has 0 unspecified atom stereocenters. The van der Waals surface area contributed by atoms with Gasteiger partial charge < -0.3 is 5.32 Å². The molecule has 0 radical (unpaired) electrons. The maximum atomic E-state index is 12.1. The van der Waals surface area contributed by atoms with Gasteiger partial charge in [-0.25, -0.2) is 0 Å².